The molecule has 1 aliphatic rings. The number of hydrogen-bond acceptors (Lipinski definition) is 9. The minimum absolute atomic E-state index is 0.386. The topological polar surface area (TPSA) is 123 Å². The summed E-state index contributed by atoms with van der Waals surface area (Å²) in [4.78, 5) is 26.3. The van der Waals surface area contributed by atoms with Crippen molar-refractivity contribution in [3.63, 3.8) is 0 Å². The summed E-state index contributed by atoms with van der Waals surface area (Å²) in [7, 11) is 0. The quantitative estimate of drug-likeness (QED) is 0.278. The van der Waals surface area contributed by atoms with E-state index in [2.05, 4.69) is 42.7 Å². The fourth-order valence-corrected chi connectivity index (χ4v) is 4.62. The molecule has 0 aliphatic carbocycles. The van der Waals surface area contributed by atoms with E-state index in [9.17, 15) is 0 Å². The van der Waals surface area contributed by atoms with Crippen LogP contribution in [0.3, 0.4) is 0 Å². The Morgan fingerprint density at radius 3 is 2.64 bits per heavy atom. The van der Waals surface area contributed by atoms with E-state index in [-0.39, 0.29) is 0 Å². The number of nitrogens with zero attached hydrogens (tertiary/aromatic N) is 5. The van der Waals surface area contributed by atoms with E-state index in [1.807, 2.05) is 49.6 Å². The molecule has 1 aromatic carbocycles. The lowest BCUT2D eigenvalue weighted by Crippen LogP contribution is -2.10. The first-order valence-corrected chi connectivity index (χ1v) is 12.6. The lowest BCUT2D eigenvalue weighted by atomic mass is 10.0. The number of fused-ring (bicyclic) bond motifs is 5. The Kier molecular flexibility index (Phi) is 5.62. The average molecular weight is 517 g/mol. The van der Waals surface area contributed by atoms with Crippen LogP contribution in [0.4, 0.5) is 17.5 Å². The van der Waals surface area contributed by atoms with Crippen molar-refractivity contribution >= 4 is 39.4 Å². The van der Waals surface area contributed by atoms with Crippen LogP contribution in [-0.4, -0.2) is 43.1 Å². The lowest BCUT2D eigenvalue weighted by molar-refractivity contribution is 0.216. The van der Waals surface area contributed by atoms with Gasteiger partial charge in [0.1, 0.15) is 36.2 Å². The molecule has 1 aliphatic heterocycles. The van der Waals surface area contributed by atoms with Crippen molar-refractivity contribution in [1.29, 1.82) is 0 Å². The fraction of sp³-hybridized carbons (Fsp3) is 0.138. The molecule has 5 bridgehead atoms. The molecule has 0 saturated heterocycles. The number of anilines is 3. The molecule has 5 aromatic heterocycles. The third-order valence-corrected chi connectivity index (χ3v) is 6.52. The first-order valence-electron chi connectivity index (χ1n) is 12.6. The summed E-state index contributed by atoms with van der Waals surface area (Å²) >= 11 is 0. The Hall–Kier alpha value is -5.25. The number of nitrogens with one attached hydrogen (secondary N) is 3. The monoisotopic (exact) mass is 516 g/mol. The zero-order chi connectivity index (χ0) is 26.2. The number of aromatic nitrogens is 6. The van der Waals surface area contributed by atoms with Crippen LogP contribution in [0.1, 0.15) is 11.3 Å². The van der Waals surface area contributed by atoms with Gasteiger partial charge in [-0.05, 0) is 54.4 Å². The van der Waals surface area contributed by atoms with Gasteiger partial charge in [0.2, 0.25) is 5.95 Å². The van der Waals surface area contributed by atoms with Gasteiger partial charge in [-0.1, -0.05) is 6.07 Å². The van der Waals surface area contributed by atoms with Crippen LogP contribution in [-0.2, 0) is 6.54 Å². The first-order chi connectivity index (χ1) is 19.2. The Morgan fingerprint density at radius 2 is 1.77 bits per heavy atom. The molecule has 10 nitrogen and oxygen atoms in total. The predicted molar refractivity (Wildman–Crippen MR) is 149 cm³/mol. The van der Waals surface area contributed by atoms with Crippen LogP contribution in [0.25, 0.3) is 33.1 Å². The molecule has 0 spiro atoms. The minimum Gasteiger partial charge on any atom is -0.488 e. The summed E-state index contributed by atoms with van der Waals surface area (Å²) in [5, 5.41) is 8.64. The molecule has 7 rings (SSSR count). The number of ether oxygens (including phenoxy) is 2. The van der Waals surface area contributed by atoms with Gasteiger partial charge in [-0.25, -0.2) is 0 Å². The van der Waals surface area contributed by atoms with E-state index in [4.69, 9.17) is 19.4 Å². The van der Waals surface area contributed by atoms with Crippen molar-refractivity contribution in [1.82, 2.24) is 29.9 Å². The number of H-pyrrole nitrogens is 1. The van der Waals surface area contributed by atoms with E-state index in [1.165, 1.54) is 0 Å². The highest BCUT2D eigenvalue weighted by atomic mass is 16.5. The molecule has 6 aromatic rings. The summed E-state index contributed by atoms with van der Waals surface area (Å²) in [6, 6.07) is 14.0. The Bertz CT molecular complexity index is 1820. The van der Waals surface area contributed by atoms with Crippen molar-refractivity contribution in [2.45, 2.75) is 13.5 Å². The van der Waals surface area contributed by atoms with Gasteiger partial charge in [0.05, 0.1) is 35.2 Å². The third kappa shape index (κ3) is 4.63. The number of aromatic amines is 1. The Morgan fingerprint density at radius 1 is 0.872 bits per heavy atom. The maximum atomic E-state index is 5.91. The van der Waals surface area contributed by atoms with E-state index in [0.29, 0.717) is 48.7 Å². The van der Waals surface area contributed by atoms with Gasteiger partial charge in [-0.3, -0.25) is 15.0 Å². The lowest BCUT2D eigenvalue weighted by Gasteiger charge is -2.12. The first kappa shape index (κ1) is 22.9. The van der Waals surface area contributed by atoms with Crippen molar-refractivity contribution in [2.24, 2.45) is 0 Å². The van der Waals surface area contributed by atoms with Gasteiger partial charge in [-0.2, -0.15) is 9.97 Å². The second kappa shape index (κ2) is 9.56. The highest BCUT2D eigenvalue weighted by Crippen LogP contribution is 2.35. The summed E-state index contributed by atoms with van der Waals surface area (Å²) in [5.74, 6) is 2.50. The molecule has 3 N–H and O–H groups in total. The SMILES string of the molecule is Cc1ccc(Nc2nc3c4c(c[nH]c4n2)-c2ccc4ncc(cc4c2)OCCOc2cncc(c2)CN3)cn1. The number of aryl methyl sites for hydroxylation is 1. The van der Waals surface area contributed by atoms with E-state index >= 15 is 0 Å². The molecule has 0 saturated carbocycles. The van der Waals surface area contributed by atoms with Crippen LogP contribution in [0.15, 0.2) is 73.4 Å². The van der Waals surface area contributed by atoms with Crippen LogP contribution < -0.4 is 20.1 Å². The standard InChI is InChI=1S/C29H24N8O2/c1-17-2-4-21(13-31-17)35-29-36-27-26-24(16-34-28(26)37-29)19-3-5-25-20(9-19)10-23(15-32-25)39-7-6-38-22-8-18(12-33-27)11-30-14-22/h2-5,8-11,13-16H,6-7,12H2,1H3,(H3,33,34,35,36,37). The molecule has 0 amide bonds. The fourth-order valence-electron chi connectivity index (χ4n) is 4.62. The molecule has 0 radical (unpaired) electrons. The highest BCUT2D eigenvalue weighted by molar-refractivity contribution is 6.03. The number of rotatable bonds is 2. The zero-order valence-corrected chi connectivity index (χ0v) is 21.1. The maximum absolute atomic E-state index is 5.91. The van der Waals surface area contributed by atoms with Crippen LogP contribution in [0.2, 0.25) is 0 Å². The average Bonchev–Trinajstić information content (AvgIpc) is 3.39. The predicted octanol–water partition coefficient (Wildman–Crippen LogP) is 5.40. The van der Waals surface area contributed by atoms with Gasteiger partial charge >= 0.3 is 0 Å². The largest absolute Gasteiger partial charge is 0.488 e. The second-order valence-electron chi connectivity index (χ2n) is 9.29. The van der Waals surface area contributed by atoms with Gasteiger partial charge in [0, 0.05) is 35.6 Å². The smallest absolute Gasteiger partial charge is 0.231 e. The molecule has 0 fully saturated rings. The Balaban J connectivity index is 1.37. The summed E-state index contributed by atoms with van der Waals surface area (Å²) < 4.78 is 11.8. The summed E-state index contributed by atoms with van der Waals surface area (Å²) in [6.45, 7) is 3.22. The van der Waals surface area contributed by atoms with Crippen molar-refractivity contribution in [2.75, 3.05) is 23.8 Å². The Labute approximate surface area is 223 Å². The zero-order valence-electron chi connectivity index (χ0n) is 21.1. The van der Waals surface area contributed by atoms with Crippen molar-refractivity contribution in [3.8, 4) is 22.6 Å². The van der Waals surface area contributed by atoms with E-state index < -0.39 is 0 Å². The van der Waals surface area contributed by atoms with Gasteiger partial charge in [0.25, 0.3) is 0 Å². The van der Waals surface area contributed by atoms with E-state index in [0.717, 1.165) is 44.4 Å². The number of benzene rings is 1. The van der Waals surface area contributed by atoms with E-state index in [1.54, 1.807) is 18.6 Å². The van der Waals surface area contributed by atoms with Gasteiger partial charge < -0.3 is 25.1 Å². The van der Waals surface area contributed by atoms with Gasteiger partial charge in [-0.15, -0.1) is 0 Å². The maximum Gasteiger partial charge on any atom is 0.231 e. The van der Waals surface area contributed by atoms with Crippen LogP contribution >= 0.6 is 0 Å². The summed E-state index contributed by atoms with van der Waals surface area (Å²) in [5.41, 5.74) is 6.27. The van der Waals surface area contributed by atoms with Crippen LogP contribution in [0, 0.1) is 6.92 Å². The number of pyridine rings is 3. The third-order valence-electron chi connectivity index (χ3n) is 6.52. The molecule has 192 valence electrons. The van der Waals surface area contributed by atoms with Crippen molar-refractivity contribution < 1.29 is 9.47 Å². The molecule has 0 atom stereocenters. The van der Waals surface area contributed by atoms with Crippen molar-refractivity contribution in [3.05, 3.63) is 84.7 Å². The molecule has 0 unspecified atom stereocenters. The van der Waals surface area contributed by atoms with Gasteiger partial charge in [0.15, 0.2) is 0 Å². The number of hydrogen-bond donors (Lipinski definition) is 3. The van der Waals surface area contributed by atoms with Crippen LogP contribution in [0.5, 0.6) is 11.5 Å². The minimum atomic E-state index is 0.386. The molecule has 39 heavy (non-hydrogen) atoms. The highest BCUT2D eigenvalue weighted by Gasteiger charge is 2.17. The molecule has 10 heteroatoms. The molecule has 6 heterocycles. The molecular formula is C29H24N8O2. The molecular weight excluding hydrogens is 492 g/mol. The summed E-state index contributed by atoms with van der Waals surface area (Å²) in [6.07, 6.45) is 8.96. The normalized spacial score (nSPS) is 13.1. The second-order valence-corrected chi connectivity index (χ2v) is 9.29.